The smallest absolute Gasteiger partial charge is 0.191 e. The van der Waals surface area contributed by atoms with Crippen LogP contribution in [0.4, 0.5) is 0 Å². The lowest BCUT2D eigenvalue weighted by atomic mass is 9.84. The Morgan fingerprint density at radius 1 is 1.32 bits per heavy atom. The van der Waals surface area contributed by atoms with Crippen molar-refractivity contribution in [1.82, 2.24) is 15.5 Å². The van der Waals surface area contributed by atoms with Crippen molar-refractivity contribution in [2.24, 2.45) is 10.4 Å². The van der Waals surface area contributed by atoms with Gasteiger partial charge in [-0.2, -0.15) is 0 Å². The Balaban J connectivity index is 1.64. The Kier molecular flexibility index (Phi) is 8.18. The van der Waals surface area contributed by atoms with E-state index in [1.807, 2.05) is 6.07 Å². The number of nitrogens with zero attached hydrogens (tertiary/aromatic N) is 2. The lowest BCUT2D eigenvalue weighted by molar-refractivity contribution is 0.131. The van der Waals surface area contributed by atoms with Gasteiger partial charge in [-0.3, -0.25) is 9.89 Å². The average Bonchev–Trinajstić information content (AvgIpc) is 3.40. The molecule has 158 valence electrons. The fourth-order valence-corrected chi connectivity index (χ4v) is 4.19. The van der Waals surface area contributed by atoms with Crippen molar-refractivity contribution in [2.75, 3.05) is 52.5 Å². The number of nitrogens with one attached hydrogen (secondary N) is 2. The minimum absolute atomic E-state index is 0.0373. The number of rotatable bonds is 9. The standard InChI is InChI=1S/C21H36N4O3/c1-2-22-20(24-16-21(8-12-26)9-14-27-17-21)23-15-18(19-7-6-13-28-19)25-10-4-3-5-11-25/h6-7,13,18,26H,2-5,8-12,14-17H2,1H3,(H2,22,23,24). The number of aliphatic hydroxyl groups excluding tert-OH is 1. The van der Waals surface area contributed by atoms with Crippen LogP contribution < -0.4 is 10.6 Å². The highest BCUT2D eigenvalue weighted by Crippen LogP contribution is 2.32. The quantitative estimate of drug-likeness (QED) is 0.441. The molecule has 2 saturated heterocycles. The van der Waals surface area contributed by atoms with Gasteiger partial charge in [-0.05, 0) is 57.8 Å². The van der Waals surface area contributed by atoms with Gasteiger partial charge in [-0.15, -0.1) is 0 Å². The number of hydrogen-bond acceptors (Lipinski definition) is 5. The first-order valence-electron chi connectivity index (χ1n) is 10.7. The minimum Gasteiger partial charge on any atom is -0.468 e. The summed E-state index contributed by atoms with van der Waals surface area (Å²) in [6.45, 7) is 8.14. The number of guanidine groups is 1. The van der Waals surface area contributed by atoms with Gasteiger partial charge in [0.05, 0.1) is 25.5 Å². The summed E-state index contributed by atoms with van der Waals surface area (Å²) in [4.78, 5) is 7.35. The molecule has 0 bridgehead atoms. The lowest BCUT2D eigenvalue weighted by Gasteiger charge is -2.34. The molecule has 28 heavy (non-hydrogen) atoms. The van der Waals surface area contributed by atoms with Gasteiger partial charge in [0.25, 0.3) is 0 Å². The molecule has 0 amide bonds. The van der Waals surface area contributed by atoms with Crippen molar-refractivity contribution in [3.05, 3.63) is 24.2 Å². The zero-order valence-corrected chi connectivity index (χ0v) is 17.2. The predicted octanol–water partition coefficient (Wildman–Crippen LogP) is 2.15. The average molecular weight is 393 g/mol. The number of ether oxygens (including phenoxy) is 1. The fourth-order valence-electron chi connectivity index (χ4n) is 4.19. The highest BCUT2D eigenvalue weighted by molar-refractivity contribution is 5.79. The molecule has 0 aromatic carbocycles. The number of aliphatic hydroxyl groups is 1. The summed E-state index contributed by atoms with van der Waals surface area (Å²) in [5.41, 5.74) is -0.0373. The van der Waals surface area contributed by atoms with Crippen LogP contribution in [0.2, 0.25) is 0 Å². The number of hydrogen-bond donors (Lipinski definition) is 3. The van der Waals surface area contributed by atoms with Crippen LogP contribution in [-0.4, -0.2) is 68.5 Å². The molecular weight excluding hydrogens is 356 g/mol. The van der Waals surface area contributed by atoms with E-state index >= 15 is 0 Å². The van der Waals surface area contributed by atoms with Crippen LogP contribution in [0.15, 0.2) is 27.8 Å². The molecule has 0 aliphatic carbocycles. The van der Waals surface area contributed by atoms with Crippen LogP contribution in [-0.2, 0) is 4.74 Å². The van der Waals surface area contributed by atoms with Gasteiger partial charge in [0.15, 0.2) is 5.96 Å². The molecule has 0 spiro atoms. The van der Waals surface area contributed by atoms with E-state index in [9.17, 15) is 5.11 Å². The van der Waals surface area contributed by atoms with E-state index in [1.165, 1.54) is 19.3 Å². The summed E-state index contributed by atoms with van der Waals surface area (Å²) in [7, 11) is 0. The number of likely N-dealkylation sites (tertiary alicyclic amines) is 1. The Hall–Kier alpha value is -1.57. The van der Waals surface area contributed by atoms with E-state index in [1.54, 1.807) is 6.26 Å². The first-order valence-corrected chi connectivity index (χ1v) is 10.7. The molecule has 2 aliphatic heterocycles. The minimum atomic E-state index is -0.0373. The lowest BCUT2D eigenvalue weighted by Crippen LogP contribution is -2.45. The van der Waals surface area contributed by atoms with Gasteiger partial charge in [-0.1, -0.05) is 6.42 Å². The first kappa shape index (κ1) is 21.1. The molecule has 3 rings (SSSR count). The van der Waals surface area contributed by atoms with Crippen molar-refractivity contribution in [3.63, 3.8) is 0 Å². The van der Waals surface area contributed by atoms with Gasteiger partial charge >= 0.3 is 0 Å². The van der Waals surface area contributed by atoms with E-state index in [-0.39, 0.29) is 18.1 Å². The zero-order valence-electron chi connectivity index (χ0n) is 17.2. The second-order valence-corrected chi connectivity index (χ2v) is 7.98. The van der Waals surface area contributed by atoms with Gasteiger partial charge in [-0.25, -0.2) is 0 Å². The topological polar surface area (TPSA) is 82.3 Å². The molecule has 2 aliphatic rings. The second-order valence-electron chi connectivity index (χ2n) is 7.98. The van der Waals surface area contributed by atoms with Gasteiger partial charge in [0, 0.05) is 31.7 Å². The maximum absolute atomic E-state index is 9.44. The maximum Gasteiger partial charge on any atom is 0.191 e. The van der Waals surface area contributed by atoms with Crippen LogP contribution >= 0.6 is 0 Å². The summed E-state index contributed by atoms with van der Waals surface area (Å²) >= 11 is 0. The van der Waals surface area contributed by atoms with E-state index in [4.69, 9.17) is 14.1 Å². The molecule has 7 nitrogen and oxygen atoms in total. The Morgan fingerprint density at radius 3 is 2.82 bits per heavy atom. The Bertz CT molecular complexity index is 578. The summed E-state index contributed by atoms with van der Waals surface area (Å²) in [5, 5.41) is 16.3. The van der Waals surface area contributed by atoms with Gasteiger partial charge in [0.2, 0.25) is 0 Å². The van der Waals surface area contributed by atoms with Crippen LogP contribution in [0.5, 0.6) is 0 Å². The Labute approximate surface area is 168 Å². The van der Waals surface area contributed by atoms with Crippen molar-refractivity contribution >= 4 is 5.96 Å². The fraction of sp³-hybridized carbons (Fsp3) is 0.762. The van der Waals surface area contributed by atoms with Crippen LogP contribution in [0.3, 0.4) is 0 Å². The SMILES string of the molecule is CCNC(=NCC1(CCO)CCOC1)NCC(c1ccco1)N1CCCCC1. The van der Waals surface area contributed by atoms with Gasteiger partial charge in [0.1, 0.15) is 5.76 Å². The van der Waals surface area contributed by atoms with E-state index in [0.717, 1.165) is 57.3 Å². The van der Waals surface area contributed by atoms with Crippen molar-refractivity contribution in [1.29, 1.82) is 0 Å². The van der Waals surface area contributed by atoms with E-state index in [2.05, 4.69) is 28.5 Å². The molecule has 7 heteroatoms. The largest absolute Gasteiger partial charge is 0.468 e. The third-order valence-corrected chi connectivity index (χ3v) is 5.91. The summed E-state index contributed by atoms with van der Waals surface area (Å²) < 4.78 is 11.3. The van der Waals surface area contributed by atoms with Crippen LogP contribution in [0.25, 0.3) is 0 Å². The van der Waals surface area contributed by atoms with Crippen molar-refractivity contribution in [3.8, 4) is 0 Å². The number of piperidine rings is 1. The normalized spacial score (nSPS) is 25.0. The van der Waals surface area contributed by atoms with Crippen molar-refractivity contribution in [2.45, 2.75) is 45.1 Å². The first-order chi connectivity index (χ1) is 13.8. The molecule has 2 unspecified atom stereocenters. The molecule has 0 saturated carbocycles. The van der Waals surface area contributed by atoms with Gasteiger partial charge < -0.3 is 24.9 Å². The highest BCUT2D eigenvalue weighted by atomic mass is 16.5. The molecule has 2 fully saturated rings. The van der Waals surface area contributed by atoms with E-state index < -0.39 is 0 Å². The van der Waals surface area contributed by atoms with E-state index in [0.29, 0.717) is 13.2 Å². The third-order valence-electron chi connectivity index (χ3n) is 5.91. The molecule has 1 aromatic heterocycles. The Morgan fingerprint density at radius 2 is 2.18 bits per heavy atom. The number of furan rings is 1. The summed E-state index contributed by atoms with van der Waals surface area (Å²) in [6.07, 6.45) is 7.25. The second kappa shape index (κ2) is 10.8. The van der Waals surface area contributed by atoms with Crippen LogP contribution in [0.1, 0.15) is 50.8 Å². The van der Waals surface area contributed by atoms with Crippen LogP contribution in [0, 0.1) is 5.41 Å². The third kappa shape index (κ3) is 5.72. The monoisotopic (exact) mass is 392 g/mol. The highest BCUT2D eigenvalue weighted by Gasteiger charge is 2.34. The summed E-state index contributed by atoms with van der Waals surface area (Å²) in [6, 6.07) is 4.24. The maximum atomic E-state index is 9.44. The molecule has 2 atom stereocenters. The zero-order chi connectivity index (χ0) is 19.7. The summed E-state index contributed by atoms with van der Waals surface area (Å²) in [5.74, 6) is 1.83. The predicted molar refractivity (Wildman–Crippen MR) is 110 cm³/mol. The molecular formula is C21H36N4O3. The molecule has 0 radical (unpaired) electrons. The molecule has 1 aromatic rings. The molecule has 3 N–H and O–H groups in total. The van der Waals surface area contributed by atoms with Crippen molar-refractivity contribution < 1.29 is 14.3 Å². The molecule has 3 heterocycles. The number of aliphatic imine (C=N–C) groups is 1.